The second-order valence-electron chi connectivity index (χ2n) is 10.6. The Labute approximate surface area is 233 Å². The number of piperidine rings is 1. The smallest absolute Gasteiger partial charge is 0.350 e. The molecule has 2 heterocycles. The van der Waals surface area contributed by atoms with Gasteiger partial charge in [-0.15, -0.1) is 0 Å². The first-order valence-electron chi connectivity index (χ1n) is 13.5. The Bertz CT molecular complexity index is 1290. The van der Waals surface area contributed by atoms with Gasteiger partial charge >= 0.3 is 6.18 Å². The number of halogens is 3. The van der Waals surface area contributed by atoms with Gasteiger partial charge in [-0.25, -0.2) is 8.42 Å². The van der Waals surface area contributed by atoms with Crippen LogP contribution in [-0.2, 0) is 21.0 Å². The molecule has 218 valence electrons. The summed E-state index contributed by atoms with van der Waals surface area (Å²) < 4.78 is 66.0. The fourth-order valence-electron chi connectivity index (χ4n) is 5.19. The number of hydrogen-bond donors (Lipinski definition) is 2. The van der Waals surface area contributed by atoms with Crippen molar-refractivity contribution in [1.82, 2.24) is 19.8 Å². The van der Waals surface area contributed by atoms with Gasteiger partial charge in [-0.3, -0.25) is 9.59 Å². The molecular formula is C28H35F3N4O4S. The third-order valence-corrected chi connectivity index (χ3v) is 9.50. The first-order chi connectivity index (χ1) is 18.9. The lowest BCUT2D eigenvalue weighted by Gasteiger charge is -2.32. The van der Waals surface area contributed by atoms with Crippen molar-refractivity contribution in [2.75, 3.05) is 39.3 Å². The summed E-state index contributed by atoms with van der Waals surface area (Å²) in [5, 5.41) is 5.26. The van der Waals surface area contributed by atoms with Gasteiger partial charge in [0.05, 0.1) is 17.0 Å². The molecule has 8 nitrogen and oxygen atoms in total. The van der Waals surface area contributed by atoms with Crippen LogP contribution in [0.2, 0.25) is 0 Å². The van der Waals surface area contributed by atoms with E-state index in [0.717, 1.165) is 62.5 Å². The second-order valence-corrected chi connectivity index (χ2v) is 12.5. The van der Waals surface area contributed by atoms with Crippen molar-refractivity contribution in [2.24, 2.45) is 5.92 Å². The van der Waals surface area contributed by atoms with Gasteiger partial charge in [0.25, 0.3) is 5.91 Å². The molecule has 0 saturated carbocycles. The highest BCUT2D eigenvalue weighted by Crippen LogP contribution is 2.29. The minimum absolute atomic E-state index is 0.0699. The fraction of sp³-hybridized carbons (Fsp3) is 0.500. The first kappa shape index (κ1) is 30.0. The van der Waals surface area contributed by atoms with E-state index < -0.39 is 33.6 Å². The van der Waals surface area contributed by atoms with Crippen LogP contribution in [0.5, 0.6) is 0 Å². The van der Waals surface area contributed by atoms with Crippen LogP contribution in [0.1, 0.15) is 47.2 Å². The van der Waals surface area contributed by atoms with Crippen molar-refractivity contribution >= 4 is 21.8 Å². The van der Waals surface area contributed by atoms with Gasteiger partial charge in [0.2, 0.25) is 15.9 Å². The summed E-state index contributed by atoms with van der Waals surface area (Å²) in [7, 11) is -3.47. The van der Waals surface area contributed by atoms with E-state index >= 15 is 0 Å². The number of likely N-dealkylation sites (tertiary alicyclic amines) is 1. The van der Waals surface area contributed by atoms with Crippen LogP contribution in [0.4, 0.5) is 13.2 Å². The molecule has 0 unspecified atom stereocenters. The SMILES string of the molecule is Cc1ccc(S(=O)(=O)N2CCC(CCN3CC[C@@H](NC(=O)CNC(=O)c4cccc(C(F)(F)F)c4)C3)CC2)cc1. The van der Waals surface area contributed by atoms with Crippen LogP contribution < -0.4 is 10.6 Å². The summed E-state index contributed by atoms with van der Waals surface area (Å²) in [6.07, 6.45) is -1.22. The molecular weight excluding hydrogens is 545 g/mol. The molecule has 0 aliphatic carbocycles. The van der Waals surface area contributed by atoms with Crippen LogP contribution in [0.3, 0.4) is 0 Å². The maximum atomic E-state index is 12.9. The molecule has 0 aromatic heterocycles. The highest BCUT2D eigenvalue weighted by Gasteiger charge is 2.32. The number of carbonyl (C=O) groups excluding carboxylic acids is 2. The topological polar surface area (TPSA) is 98.8 Å². The molecule has 2 aliphatic heterocycles. The van der Waals surface area contributed by atoms with Gasteiger partial charge in [0, 0.05) is 37.8 Å². The fourth-order valence-corrected chi connectivity index (χ4v) is 6.66. The molecule has 0 bridgehead atoms. The molecule has 2 N–H and O–H groups in total. The van der Waals surface area contributed by atoms with Crippen LogP contribution >= 0.6 is 0 Å². The normalized spacial score (nSPS) is 19.4. The lowest BCUT2D eigenvalue weighted by Crippen LogP contribution is -2.43. The van der Waals surface area contributed by atoms with Gasteiger partial charge in [0.1, 0.15) is 0 Å². The van der Waals surface area contributed by atoms with Crippen molar-refractivity contribution in [3.05, 3.63) is 65.2 Å². The van der Waals surface area contributed by atoms with Crippen LogP contribution in [0, 0.1) is 12.8 Å². The molecule has 1 atom stereocenters. The van der Waals surface area contributed by atoms with E-state index in [4.69, 9.17) is 0 Å². The molecule has 2 aromatic carbocycles. The molecule has 2 fully saturated rings. The van der Waals surface area contributed by atoms with E-state index in [-0.39, 0.29) is 18.2 Å². The van der Waals surface area contributed by atoms with E-state index in [2.05, 4.69) is 15.5 Å². The minimum atomic E-state index is -4.55. The van der Waals surface area contributed by atoms with Crippen LogP contribution in [0.15, 0.2) is 53.4 Å². The molecule has 2 amide bonds. The van der Waals surface area contributed by atoms with Gasteiger partial charge in [0.15, 0.2) is 0 Å². The number of hydrogen-bond acceptors (Lipinski definition) is 5. The van der Waals surface area contributed by atoms with Crippen molar-refractivity contribution < 1.29 is 31.2 Å². The molecule has 0 radical (unpaired) electrons. The maximum Gasteiger partial charge on any atom is 0.416 e. The first-order valence-corrected chi connectivity index (χ1v) is 14.9. The van der Waals surface area contributed by atoms with E-state index in [1.54, 1.807) is 16.4 Å². The number of rotatable bonds is 9. The summed E-state index contributed by atoms with van der Waals surface area (Å²) in [6.45, 7) is 4.96. The molecule has 0 spiro atoms. The number of aryl methyl sites for hydroxylation is 1. The molecule has 4 rings (SSSR count). The number of alkyl halides is 3. The molecule has 2 saturated heterocycles. The largest absolute Gasteiger partial charge is 0.416 e. The minimum Gasteiger partial charge on any atom is -0.350 e. The summed E-state index contributed by atoms with van der Waals surface area (Å²) in [6, 6.07) is 10.9. The monoisotopic (exact) mass is 580 g/mol. The standard InChI is InChI=1S/C28H35F3N4O4S/c1-20-5-7-25(8-6-20)40(38,39)35-15-10-21(11-16-35)9-13-34-14-12-24(19-34)33-26(36)18-32-27(37)22-3-2-4-23(17-22)28(29,30)31/h2-8,17,21,24H,9-16,18-19H2,1H3,(H,32,37)(H,33,36)/t24-/m1/s1. The van der Waals surface area contributed by atoms with E-state index in [1.807, 2.05) is 19.1 Å². The average Bonchev–Trinajstić information content (AvgIpc) is 3.37. The quantitative estimate of drug-likeness (QED) is 0.474. The van der Waals surface area contributed by atoms with E-state index in [9.17, 15) is 31.2 Å². The number of carbonyl (C=O) groups is 2. The van der Waals surface area contributed by atoms with Crippen molar-refractivity contribution in [2.45, 2.75) is 49.7 Å². The number of benzene rings is 2. The molecule has 2 aliphatic rings. The zero-order valence-corrected chi connectivity index (χ0v) is 23.2. The number of nitrogens with zero attached hydrogens (tertiary/aromatic N) is 2. The van der Waals surface area contributed by atoms with Gasteiger partial charge in [-0.2, -0.15) is 17.5 Å². The summed E-state index contributed by atoms with van der Waals surface area (Å²) in [5.74, 6) is -0.703. The molecule has 2 aromatic rings. The van der Waals surface area contributed by atoms with Gasteiger partial charge in [-0.1, -0.05) is 23.8 Å². The summed E-state index contributed by atoms with van der Waals surface area (Å²) >= 11 is 0. The van der Waals surface area contributed by atoms with Gasteiger partial charge in [-0.05, 0) is 75.4 Å². The Morgan fingerprint density at radius 2 is 1.70 bits per heavy atom. The predicted molar refractivity (Wildman–Crippen MR) is 144 cm³/mol. The Morgan fingerprint density at radius 1 is 1.00 bits per heavy atom. The number of amides is 2. The van der Waals surface area contributed by atoms with E-state index in [0.29, 0.717) is 30.4 Å². The highest BCUT2D eigenvalue weighted by molar-refractivity contribution is 7.89. The second kappa shape index (κ2) is 12.7. The maximum absolute atomic E-state index is 12.9. The van der Waals surface area contributed by atoms with E-state index in [1.165, 1.54) is 6.07 Å². The number of sulfonamides is 1. The average molecular weight is 581 g/mol. The Hall–Kier alpha value is -2.96. The third-order valence-electron chi connectivity index (χ3n) is 7.58. The van der Waals surface area contributed by atoms with Crippen molar-refractivity contribution in [3.63, 3.8) is 0 Å². The summed E-state index contributed by atoms with van der Waals surface area (Å²) in [5.41, 5.74) is -0.0658. The van der Waals surface area contributed by atoms with Gasteiger partial charge < -0.3 is 15.5 Å². The van der Waals surface area contributed by atoms with Crippen molar-refractivity contribution in [1.29, 1.82) is 0 Å². The molecule has 12 heteroatoms. The number of nitrogens with one attached hydrogen (secondary N) is 2. The zero-order valence-electron chi connectivity index (χ0n) is 22.4. The lowest BCUT2D eigenvalue weighted by molar-refractivity contribution is -0.137. The Morgan fingerprint density at radius 3 is 2.38 bits per heavy atom. The summed E-state index contributed by atoms with van der Waals surface area (Å²) in [4.78, 5) is 27.1. The van der Waals surface area contributed by atoms with Crippen molar-refractivity contribution in [3.8, 4) is 0 Å². The third kappa shape index (κ3) is 7.82. The predicted octanol–water partition coefficient (Wildman–Crippen LogP) is 3.43. The zero-order chi connectivity index (χ0) is 28.9. The highest BCUT2D eigenvalue weighted by atomic mass is 32.2. The molecule has 40 heavy (non-hydrogen) atoms. The van der Waals surface area contributed by atoms with Crippen LogP contribution in [-0.4, -0.2) is 74.7 Å². The Kier molecular flexibility index (Phi) is 9.52. The lowest BCUT2D eigenvalue weighted by atomic mass is 9.94. The Balaban J connectivity index is 1.14. The van der Waals surface area contributed by atoms with Crippen LogP contribution in [0.25, 0.3) is 0 Å².